The molecule has 2 heteroatoms. The van der Waals surface area contributed by atoms with Gasteiger partial charge in [0.1, 0.15) is 0 Å². The van der Waals surface area contributed by atoms with Crippen LogP contribution in [0.1, 0.15) is 91.4 Å². The van der Waals surface area contributed by atoms with E-state index in [0.717, 1.165) is 12.1 Å². The zero-order valence-corrected chi connectivity index (χ0v) is 14.2. The Balaban J connectivity index is 2.32. The molecule has 0 spiro atoms. The maximum Gasteiger partial charge on any atom is 0.00992 e. The number of rotatable bonds is 10. The van der Waals surface area contributed by atoms with Crippen molar-refractivity contribution >= 4 is 0 Å². The Morgan fingerprint density at radius 3 is 2.20 bits per heavy atom. The van der Waals surface area contributed by atoms with Gasteiger partial charge in [0.15, 0.2) is 0 Å². The zero-order valence-electron chi connectivity index (χ0n) is 14.2. The molecule has 0 heterocycles. The molecule has 1 unspecified atom stereocenters. The van der Waals surface area contributed by atoms with Gasteiger partial charge in [-0.25, -0.2) is 0 Å². The topological polar surface area (TPSA) is 29.3 Å². The van der Waals surface area contributed by atoms with E-state index in [1.54, 1.807) is 0 Å². The second-order valence-electron chi connectivity index (χ2n) is 6.86. The second kappa shape index (κ2) is 10.6. The lowest BCUT2D eigenvalue weighted by Crippen LogP contribution is -2.45. The van der Waals surface area contributed by atoms with Gasteiger partial charge >= 0.3 is 0 Å². The maximum absolute atomic E-state index is 6.06. The second-order valence-corrected chi connectivity index (χ2v) is 6.86. The van der Waals surface area contributed by atoms with Gasteiger partial charge in [-0.05, 0) is 52.0 Å². The molecule has 0 aliphatic heterocycles. The molecule has 1 rings (SSSR count). The van der Waals surface area contributed by atoms with Gasteiger partial charge in [0.25, 0.3) is 0 Å². The number of unbranched alkanes of at least 4 members (excludes halogenated alkanes) is 4. The number of nitrogens with zero attached hydrogens (tertiary/aromatic N) is 1. The lowest BCUT2D eigenvalue weighted by molar-refractivity contribution is 0.101. The smallest absolute Gasteiger partial charge is 0.00992 e. The van der Waals surface area contributed by atoms with E-state index < -0.39 is 0 Å². The van der Waals surface area contributed by atoms with E-state index in [-0.39, 0.29) is 0 Å². The lowest BCUT2D eigenvalue weighted by atomic mass is 9.89. The summed E-state index contributed by atoms with van der Waals surface area (Å²) in [6.45, 7) is 8.33. The van der Waals surface area contributed by atoms with Crippen LogP contribution in [0.3, 0.4) is 0 Å². The van der Waals surface area contributed by atoms with Crippen LogP contribution < -0.4 is 5.73 Å². The Bertz CT molecular complexity index is 221. The van der Waals surface area contributed by atoms with Gasteiger partial charge in [-0.1, -0.05) is 46.0 Å². The van der Waals surface area contributed by atoms with Crippen LogP contribution in [0.15, 0.2) is 0 Å². The number of hydrogen-bond acceptors (Lipinski definition) is 2. The molecule has 0 radical (unpaired) electrons. The van der Waals surface area contributed by atoms with Crippen molar-refractivity contribution in [2.45, 2.75) is 110 Å². The van der Waals surface area contributed by atoms with Crippen LogP contribution in [0.4, 0.5) is 0 Å². The first-order valence-electron chi connectivity index (χ1n) is 9.20. The molecular weight excluding hydrogens is 244 g/mol. The van der Waals surface area contributed by atoms with Gasteiger partial charge in [-0.15, -0.1) is 0 Å². The highest BCUT2D eigenvalue weighted by Crippen LogP contribution is 2.25. The first kappa shape index (κ1) is 18.0. The molecule has 1 aliphatic carbocycles. The van der Waals surface area contributed by atoms with Crippen molar-refractivity contribution in [1.29, 1.82) is 0 Å². The van der Waals surface area contributed by atoms with Crippen molar-refractivity contribution < 1.29 is 0 Å². The van der Waals surface area contributed by atoms with E-state index in [9.17, 15) is 0 Å². The van der Waals surface area contributed by atoms with Crippen LogP contribution in [-0.2, 0) is 0 Å². The molecule has 2 N–H and O–H groups in total. The molecule has 120 valence electrons. The Kier molecular flexibility index (Phi) is 9.54. The van der Waals surface area contributed by atoms with E-state index in [4.69, 9.17) is 5.73 Å². The van der Waals surface area contributed by atoms with Crippen LogP contribution in [0.5, 0.6) is 0 Å². The van der Waals surface area contributed by atoms with Crippen LogP contribution in [0.25, 0.3) is 0 Å². The summed E-state index contributed by atoms with van der Waals surface area (Å²) in [4.78, 5) is 2.80. The highest BCUT2D eigenvalue weighted by molar-refractivity contribution is 4.83. The fourth-order valence-electron chi connectivity index (χ4n) is 3.66. The van der Waals surface area contributed by atoms with E-state index in [2.05, 4.69) is 25.7 Å². The van der Waals surface area contributed by atoms with Crippen molar-refractivity contribution in [2.24, 2.45) is 5.73 Å². The summed E-state index contributed by atoms with van der Waals surface area (Å²) in [5.41, 5.74) is 6.06. The van der Waals surface area contributed by atoms with Gasteiger partial charge in [0.05, 0.1) is 0 Å². The minimum Gasteiger partial charge on any atom is -0.328 e. The normalized spacial score (nSPS) is 25.1. The predicted octanol–water partition coefficient (Wildman–Crippen LogP) is 4.72. The molecule has 0 aromatic carbocycles. The molecule has 0 aromatic heterocycles. The molecule has 2 nitrogen and oxygen atoms in total. The van der Waals surface area contributed by atoms with E-state index in [1.807, 2.05) is 0 Å². The van der Waals surface area contributed by atoms with Crippen molar-refractivity contribution in [3.63, 3.8) is 0 Å². The minimum absolute atomic E-state index is 0.471. The van der Waals surface area contributed by atoms with Crippen molar-refractivity contribution in [1.82, 2.24) is 4.90 Å². The molecule has 0 bridgehead atoms. The van der Waals surface area contributed by atoms with Crippen molar-refractivity contribution in [2.75, 3.05) is 6.54 Å². The van der Waals surface area contributed by atoms with Crippen molar-refractivity contribution in [3.8, 4) is 0 Å². The van der Waals surface area contributed by atoms with Crippen LogP contribution in [0.2, 0.25) is 0 Å². The molecule has 0 aromatic rings. The average molecular weight is 283 g/mol. The maximum atomic E-state index is 6.06. The summed E-state index contributed by atoms with van der Waals surface area (Å²) in [6.07, 6.45) is 14.8. The Hall–Kier alpha value is -0.0800. The average Bonchev–Trinajstić information content (AvgIpc) is 2.45. The SMILES string of the molecule is CCCCCCCC(C)N(CCC)C1CCC(N)CC1. The molecule has 20 heavy (non-hydrogen) atoms. The Labute approximate surface area is 127 Å². The van der Waals surface area contributed by atoms with Crippen LogP contribution >= 0.6 is 0 Å². The molecular formula is C18H38N2. The van der Waals surface area contributed by atoms with Gasteiger partial charge in [-0.3, -0.25) is 4.90 Å². The van der Waals surface area contributed by atoms with Gasteiger partial charge in [0, 0.05) is 18.1 Å². The molecule has 1 saturated carbocycles. The monoisotopic (exact) mass is 282 g/mol. The largest absolute Gasteiger partial charge is 0.328 e. The third-order valence-electron chi connectivity index (χ3n) is 4.98. The molecule has 1 fully saturated rings. The highest BCUT2D eigenvalue weighted by Gasteiger charge is 2.26. The zero-order chi connectivity index (χ0) is 14.8. The van der Waals surface area contributed by atoms with Gasteiger partial charge in [0.2, 0.25) is 0 Å². The minimum atomic E-state index is 0.471. The molecule has 0 saturated heterocycles. The summed E-state index contributed by atoms with van der Waals surface area (Å²) in [5, 5.41) is 0. The summed E-state index contributed by atoms with van der Waals surface area (Å²) >= 11 is 0. The Morgan fingerprint density at radius 2 is 1.60 bits per heavy atom. The predicted molar refractivity (Wildman–Crippen MR) is 90.1 cm³/mol. The standard InChI is InChI=1S/C18H38N2/c1-4-6-7-8-9-10-16(3)20(15-5-2)18-13-11-17(19)12-14-18/h16-18H,4-15,19H2,1-3H3. The lowest BCUT2D eigenvalue weighted by Gasteiger charge is -2.40. The third-order valence-corrected chi connectivity index (χ3v) is 4.98. The van der Waals surface area contributed by atoms with Crippen LogP contribution in [0, 0.1) is 0 Å². The van der Waals surface area contributed by atoms with Gasteiger partial charge < -0.3 is 5.73 Å². The Morgan fingerprint density at radius 1 is 0.950 bits per heavy atom. The fraction of sp³-hybridized carbons (Fsp3) is 1.00. The third kappa shape index (κ3) is 6.58. The number of hydrogen-bond donors (Lipinski definition) is 1. The molecule has 1 aliphatic rings. The molecule has 1 atom stereocenters. The van der Waals surface area contributed by atoms with E-state index in [0.29, 0.717) is 6.04 Å². The fourth-order valence-corrected chi connectivity index (χ4v) is 3.66. The quantitative estimate of drug-likeness (QED) is 0.588. The number of nitrogens with two attached hydrogens (primary N) is 1. The van der Waals surface area contributed by atoms with E-state index in [1.165, 1.54) is 77.2 Å². The molecule has 0 amide bonds. The van der Waals surface area contributed by atoms with Gasteiger partial charge in [-0.2, -0.15) is 0 Å². The highest BCUT2D eigenvalue weighted by atomic mass is 15.2. The van der Waals surface area contributed by atoms with Crippen LogP contribution in [-0.4, -0.2) is 29.6 Å². The summed E-state index contributed by atoms with van der Waals surface area (Å²) in [6, 6.07) is 2.04. The summed E-state index contributed by atoms with van der Waals surface area (Å²) in [7, 11) is 0. The van der Waals surface area contributed by atoms with Crippen molar-refractivity contribution in [3.05, 3.63) is 0 Å². The summed E-state index contributed by atoms with van der Waals surface area (Å²) in [5.74, 6) is 0. The first-order chi connectivity index (χ1) is 9.69. The first-order valence-corrected chi connectivity index (χ1v) is 9.20. The van der Waals surface area contributed by atoms with E-state index >= 15 is 0 Å². The summed E-state index contributed by atoms with van der Waals surface area (Å²) < 4.78 is 0.